The maximum atomic E-state index is 12.7. The number of fused-ring (bicyclic) bond motifs is 1. The zero-order valence-electron chi connectivity index (χ0n) is 15.9. The van der Waals surface area contributed by atoms with Gasteiger partial charge in [-0.2, -0.15) is 0 Å². The zero-order valence-corrected chi connectivity index (χ0v) is 16.6. The van der Waals surface area contributed by atoms with Crippen LogP contribution in [0.3, 0.4) is 0 Å². The summed E-state index contributed by atoms with van der Waals surface area (Å²) in [6.45, 7) is 2.84. The van der Waals surface area contributed by atoms with Crippen molar-refractivity contribution in [2.24, 2.45) is 0 Å². The van der Waals surface area contributed by atoms with Crippen LogP contribution >= 0.6 is 11.6 Å². The van der Waals surface area contributed by atoms with Crippen LogP contribution in [0.4, 0.5) is 0 Å². The molecule has 0 aliphatic carbocycles. The van der Waals surface area contributed by atoms with Gasteiger partial charge in [-0.3, -0.25) is 4.79 Å². The summed E-state index contributed by atoms with van der Waals surface area (Å²) in [5.74, 6) is 1.92. The third kappa shape index (κ3) is 4.28. The molecule has 3 aromatic rings. The second-order valence-corrected chi connectivity index (χ2v) is 6.92. The monoisotopic (exact) mass is 406 g/mol. The fourth-order valence-corrected chi connectivity index (χ4v) is 3.29. The Bertz CT molecular complexity index is 1090. The van der Waals surface area contributed by atoms with Crippen LogP contribution in [0, 0.1) is 0 Å². The molecule has 0 spiro atoms. The molecular formula is C24H19ClO4. The molecule has 4 nitrogen and oxygen atoms in total. The van der Waals surface area contributed by atoms with Crippen molar-refractivity contribution in [3.63, 3.8) is 0 Å². The first kappa shape index (κ1) is 19.1. The number of hydrogen-bond acceptors (Lipinski definition) is 4. The van der Waals surface area contributed by atoms with E-state index in [0.29, 0.717) is 41.0 Å². The lowest BCUT2D eigenvalue weighted by Crippen LogP contribution is -1.99. The van der Waals surface area contributed by atoms with Crippen LogP contribution in [0.25, 0.3) is 6.08 Å². The van der Waals surface area contributed by atoms with E-state index in [4.69, 9.17) is 25.8 Å². The summed E-state index contributed by atoms with van der Waals surface area (Å²) in [5.41, 5.74) is 2.27. The summed E-state index contributed by atoms with van der Waals surface area (Å²) in [6.07, 6.45) is 1.71. The van der Waals surface area contributed by atoms with E-state index in [0.717, 1.165) is 11.1 Å². The molecule has 3 aromatic carbocycles. The van der Waals surface area contributed by atoms with Gasteiger partial charge in [-0.15, -0.1) is 0 Å². The minimum absolute atomic E-state index is 0.160. The number of carbonyl (C=O) groups is 1. The van der Waals surface area contributed by atoms with Crippen molar-refractivity contribution in [3.8, 4) is 17.2 Å². The average Bonchev–Trinajstić information content (AvgIpc) is 3.03. The Morgan fingerprint density at radius 3 is 2.69 bits per heavy atom. The van der Waals surface area contributed by atoms with Crippen molar-refractivity contribution in [1.29, 1.82) is 0 Å². The summed E-state index contributed by atoms with van der Waals surface area (Å²) in [4.78, 5) is 12.7. The highest BCUT2D eigenvalue weighted by Gasteiger charge is 2.28. The molecular weight excluding hydrogens is 388 g/mol. The maximum absolute atomic E-state index is 12.7. The summed E-state index contributed by atoms with van der Waals surface area (Å²) in [6, 6.07) is 20.2. The predicted octanol–water partition coefficient (Wildman–Crippen LogP) is 5.93. The van der Waals surface area contributed by atoms with Crippen LogP contribution in [0.1, 0.15) is 28.4 Å². The molecule has 0 bridgehead atoms. The van der Waals surface area contributed by atoms with Crippen molar-refractivity contribution >= 4 is 23.5 Å². The number of rotatable bonds is 6. The summed E-state index contributed by atoms with van der Waals surface area (Å²) in [7, 11) is 0. The normalized spacial score (nSPS) is 13.9. The molecule has 0 saturated carbocycles. The molecule has 0 N–H and O–H groups in total. The van der Waals surface area contributed by atoms with Crippen molar-refractivity contribution < 1.29 is 19.0 Å². The SMILES string of the molecule is CCOc1ccccc1C=C1Oc2cc(OCc3cccc(Cl)c3)ccc2C1=O. The largest absolute Gasteiger partial charge is 0.493 e. The third-order valence-electron chi connectivity index (χ3n) is 4.44. The van der Waals surface area contributed by atoms with E-state index in [1.165, 1.54) is 0 Å². The molecule has 1 aliphatic rings. The first-order valence-electron chi connectivity index (χ1n) is 9.31. The number of ketones is 1. The number of carbonyl (C=O) groups excluding carboxylic acids is 1. The first-order valence-corrected chi connectivity index (χ1v) is 9.69. The van der Waals surface area contributed by atoms with E-state index >= 15 is 0 Å². The average molecular weight is 407 g/mol. The topological polar surface area (TPSA) is 44.8 Å². The van der Waals surface area contributed by atoms with E-state index in [1.54, 1.807) is 24.3 Å². The zero-order chi connectivity index (χ0) is 20.2. The predicted molar refractivity (Wildman–Crippen MR) is 113 cm³/mol. The molecule has 1 heterocycles. The standard InChI is InChI=1S/C24H19ClO4/c1-2-27-21-9-4-3-7-17(21)13-23-24(26)20-11-10-19(14-22(20)29-23)28-15-16-6-5-8-18(25)12-16/h3-14H,2,15H2,1H3. The highest BCUT2D eigenvalue weighted by atomic mass is 35.5. The van der Waals surface area contributed by atoms with Gasteiger partial charge in [0.05, 0.1) is 12.2 Å². The number of ether oxygens (including phenoxy) is 3. The minimum atomic E-state index is -0.160. The van der Waals surface area contributed by atoms with Gasteiger partial charge in [0.15, 0.2) is 5.76 Å². The number of allylic oxidation sites excluding steroid dienone is 1. The summed E-state index contributed by atoms with van der Waals surface area (Å²) < 4.78 is 17.3. The van der Waals surface area contributed by atoms with E-state index in [2.05, 4.69) is 0 Å². The fourth-order valence-electron chi connectivity index (χ4n) is 3.08. The second-order valence-electron chi connectivity index (χ2n) is 6.49. The Balaban J connectivity index is 1.53. The van der Waals surface area contributed by atoms with E-state index in [-0.39, 0.29) is 11.5 Å². The molecule has 29 heavy (non-hydrogen) atoms. The van der Waals surface area contributed by atoms with Crippen molar-refractivity contribution in [1.82, 2.24) is 0 Å². The number of para-hydroxylation sites is 1. The Labute approximate surface area is 174 Å². The Kier molecular flexibility index (Phi) is 5.54. The summed E-state index contributed by atoms with van der Waals surface area (Å²) in [5, 5.41) is 0.663. The van der Waals surface area contributed by atoms with Crippen LogP contribution in [-0.4, -0.2) is 12.4 Å². The Morgan fingerprint density at radius 1 is 1.00 bits per heavy atom. The quantitative estimate of drug-likeness (QED) is 0.475. The lowest BCUT2D eigenvalue weighted by atomic mass is 10.1. The molecule has 0 amide bonds. The van der Waals surface area contributed by atoms with Crippen molar-refractivity contribution in [2.45, 2.75) is 13.5 Å². The number of hydrogen-bond donors (Lipinski definition) is 0. The van der Waals surface area contributed by atoms with Crippen LogP contribution < -0.4 is 14.2 Å². The highest BCUT2D eigenvalue weighted by molar-refractivity contribution is 6.30. The number of halogens is 1. The lowest BCUT2D eigenvalue weighted by Gasteiger charge is -2.08. The van der Waals surface area contributed by atoms with Crippen LogP contribution in [0.2, 0.25) is 5.02 Å². The van der Waals surface area contributed by atoms with Gasteiger partial charge in [-0.25, -0.2) is 0 Å². The van der Waals surface area contributed by atoms with E-state index in [1.807, 2.05) is 55.5 Å². The van der Waals surface area contributed by atoms with Crippen LogP contribution in [-0.2, 0) is 6.61 Å². The molecule has 0 radical (unpaired) electrons. The van der Waals surface area contributed by atoms with Gasteiger partial charge in [0, 0.05) is 16.7 Å². The minimum Gasteiger partial charge on any atom is -0.493 e. The van der Waals surface area contributed by atoms with Gasteiger partial charge < -0.3 is 14.2 Å². The van der Waals surface area contributed by atoms with Crippen molar-refractivity contribution in [2.75, 3.05) is 6.61 Å². The Hall–Kier alpha value is -3.24. The number of Topliss-reactive ketones (excluding diaryl/α,β-unsaturated/α-hetero) is 1. The molecule has 0 saturated heterocycles. The molecule has 0 atom stereocenters. The van der Waals surface area contributed by atoms with Gasteiger partial charge in [0.2, 0.25) is 5.78 Å². The highest BCUT2D eigenvalue weighted by Crippen LogP contribution is 2.36. The molecule has 1 aliphatic heterocycles. The second kappa shape index (κ2) is 8.41. The van der Waals surface area contributed by atoms with Gasteiger partial charge in [-0.05, 0) is 48.9 Å². The number of benzene rings is 3. The van der Waals surface area contributed by atoms with Crippen LogP contribution in [0.15, 0.2) is 72.5 Å². The molecule has 0 unspecified atom stereocenters. The van der Waals surface area contributed by atoms with Crippen molar-refractivity contribution in [3.05, 3.63) is 94.2 Å². The van der Waals surface area contributed by atoms with E-state index in [9.17, 15) is 4.79 Å². The third-order valence-corrected chi connectivity index (χ3v) is 4.68. The Morgan fingerprint density at radius 2 is 1.86 bits per heavy atom. The lowest BCUT2D eigenvalue weighted by molar-refractivity contribution is 0.101. The molecule has 5 heteroatoms. The van der Waals surface area contributed by atoms with Gasteiger partial charge in [0.1, 0.15) is 23.9 Å². The molecule has 0 fully saturated rings. The molecule has 146 valence electrons. The van der Waals surface area contributed by atoms with Gasteiger partial charge >= 0.3 is 0 Å². The summed E-state index contributed by atoms with van der Waals surface area (Å²) >= 11 is 6.00. The molecule has 0 aromatic heterocycles. The molecule has 4 rings (SSSR count). The van der Waals surface area contributed by atoms with E-state index < -0.39 is 0 Å². The first-order chi connectivity index (χ1) is 14.1. The smallest absolute Gasteiger partial charge is 0.231 e. The van der Waals surface area contributed by atoms with Gasteiger partial charge in [-0.1, -0.05) is 41.9 Å². The van der Waals surface area contributed by atoms with Crippen LogP contribution in [0.5, 0.6) is 17.2 Å². The van der Waals surface area contributed by atoms with Gasteiger partial charge in [0.25, 0.3) is 0 Å². The maximum Gasteiger partial charge on any atom is 0.231 e. The fraction of sp³-hybridized carbons (Fsp3) is 0.125.